The third-order valence-corrected chi connectivity index (χ3v) is 5.59. The first-order valence-electron chi connectivity index (χ1n) is 7.74. The minimum Gasteiger partial charge on any atom is -0.340 e. The molecule has 0 unspecified atom stereocenters. The summed E-state index contributed by atoms with van der Waals surface area (Å²) < 4.78 is 33.1. The second-order valence-electron chi connectivity index (χ2n) is 6.10. The van der Waals surface area contributed by atoms with Crippen molar-refractivity contribution in [3.05, 3.63) is 47.1 Å². The normalized spacial score (nSPS) is 16.8. The van der Waals surface area contributed by atoms with Gasteiger partial charge in [-0.25, -0.2) is 13.1 Å². The lowest BCUT2D eigenvalue weighted by Gasteiger charge is -2.26. The number of hydrogen-bond donors (Lipinski definition) is 1. The van der Waals surface area contributed by atoms with Gasteiger partial charge in [0.25, 0.3) is 0 Å². The number of benzene rings is 1. The summed E-state index contributed by atoms with van der Waals surface area (Å²) in [5.41, 5.74) is 0.203. The summed E-state index contributed by atoms with van der Waals surface area (Å²) in [6, 6.07) is 8.61. The fourth-order valence-electron chi connectivity index (χ4n) is 3.13. The predicted molar refractivity (Wildman–Crippen MR) is 86.1 cm³/mol. The molecule has 3 rings (SSSR count). The van der Waals surface area contributed by atoms with Crippen LogP contribution in [0.25, 0.3) is 0 Å². The summed E-state index contributed by atoms with van der Waals surface area (Å²) in [5, 5.41) is 12.9. The third kappa shape index (κ3) is 3.47. The van der Waals surface area contributed by atoms with Crippen LogP contribution in [0.15, 0.2) is 28.8 Å². The smallest absolute Gasteiger partial charge is 0.223 e. The minimum absolute atomic E-state index is 0.193. The maximum atomic E-state index is 12.7. The zero-order chi connectivity index (χ0) is 17.2. The first kappa shape index (κ1) is 16.6. The molecule has 1 N–H and O–H groups in total. The van der Waals surface area contributed by atoms with Gasteiger partial charge in [-0.3, -0.25) is 0 Å². The van der Waals surface area contributed by atoms with Gasteiger partial charge in [0.15, 0.2) is 5.82 Å². The molecule has 0 bridgehead atoms. The summed E-state index contributed by atoms with van der Waals surface area (Å²) in [4.78, 5) is 4.24. The van der Waals surface area contributed by atoms with Crippen molar-refractivity contribution < 1.29 is 12.9 Å². The second kappa shape index (κ2) is 6.34. The average Bonchev–Trinajstić information content (AvgIpc) is 3.16. The van der Waals surface area contributed by atoms with Crippen LogP contribution in [0.4, 0.5) is 0 Å². The Bertz CT molecular complexity index is 877. The molecule has 2 aromatic rings. The molecule has 7 nitrogen and oxygen atoms in total. The molecular weight excluding hydrogens is 328 g/mol. The molecule has 1 aromatic carbocycles. The van der Waals surface area contributed by atoms with Crippen LogP contribution in [-0.2, 0) is 21.3 Å². The quantitative estimate of drug-likeness (QED) is 0.888. The molecule has 0 atom stereocenters. The van der Waals surface area contributed by atoms with Gasteiger partial charge in [0.05, 0.1) is 22.9 Å². The minimum atomic E-state index is -3.62. The number of rotatable bonds is 5. The van der Waals surface area contributed by atoms with E-state index in [9.17, 15) is 8.42 Å². The first-order valence-corrected chi connectivity index (χ1v) is 9.39. The molecule has 1 heterocycles. The topological polar surface area (TPSA) is 109 Å². The number of nitrogens with zero attached hydrogens (tertiary/aromatic N) is 3. The molecule has 126 valence electrons. The Labute approximate surface area is 140 Å². The molecule has 1 saturated carbocycles. The lowest BCUT2D eigenvalue weighted by Crippen LogP contribution is -2.45. The highest BCUT2D eigenvalue weighted by Gasteiger charge is 2.43. The summed E-state index contributed by atoms with van der Waals surface area (Å²) >= 11 is 0. The molecule has 8 heteroatoms. The molecule has 1 aromatic heterocycles. The Morgan fingerprint density at radius 2 is 2.12 bits per heavy atom. The fraction of sp³-hybridized carbons (Fsp3) is 0.438. The summed E-state index contributed by atoms with van der Waals surface area (Å²) in [7, 11) is -3.62. The first-order chi connectivity index (χ1) is 11.4. The molecule has 1 aliphatic carbocycles. The van der Waals surface area contributed by atoms with E-state index in [1.54, 1.807) is 31.2 Å². The van der Waals surface area contributed by atoms with E-state index in [4.69, 9.17) is 9.78 Å². The van der Waals surface area contributed by atoms with Gasteiger partial charge in [-0.1, -0.05) is 30.1 Å². The highest BCUT2D eigenvalue weighted by Crippen LogP contribution is 2.38. The molecule has 0 spiro atoms. The van der Waals surface area contributed by atoms with E-state index in [0.29, 0.717) is 35.7 Å². The Morgan fingerprint density at radius 1 is 1.38 bits per heavy atom. The van der Waals surface area contributed by atoms with Gasteiger partial charge < -0.3 is 4.52 Å². The van der Waals surface area contributed by atoms with Gasteiger partial charge in [-0.15, -0.1) is 0 Å². The highest BCUT2D eigenvalue weighted by atomic mass is 32.2. The molecule has 1 fully saturated rings. The highest BCUT2D eigenvalue weighted by molar-refractivity contribution is 7.88. The Morgan fingerprint density at radius 3 is 2.75 bits per heavy atom. The van der Waals surface area contributed by atoms with Crippen LogP contribution in [0.1, 0.15) is 48.5 Å². The number of nitriles is 1. The Kier molecular flexibility index (Phi) is 4.39. The van der Waals surface area contributed by atoms with Gasteiger partial charge in [0, 0.05) is 6.92 Å². The van der Waals surface area contributed by atoms with Crippen LogP contribution in [-0.4, -0.2) is 18.6 Å². The van der Waals surface area contributed by atoms with Crippen molar-refractivity contribution in [2.45, 2.75) is 43.9 Å². The molecule has 0 amide bonds. The Balaban J connectivity index is 1.85. The molecule has 1 aliphatic rings. The number of aryl methyl sites for hydroxylation is 1. The van der Waals surface area contributed by atoms with Gasteiger partial charge in [-0.2, -0.15) is 10.2 Å². The van der Waals surface area contributed by atoms with Crippen molar-refractivity contribution in [3.8, 4) is 6.07 Å². The number of nitrogens with one attached hydrogen (secondary N) is 1. The number of sulfonamides is 1. The standard InChI is InChI=1S/C16H18N4O3S/c1-12-18-15(19-23-12)16(7-2-3-8-16)20-24(21,22)11-14-6-4-5-13(9-14)10-17/h4-6,9,20H,2-3,7-8,11H2,1H3. The summed E-state index contributed by atoms with van der Waals surface area (Å²) in [6.45, 7) is 1.68. The maximum Gasteiger partial charge on any atom is 0.223 e. The lowest BCUT2D eigenvalue weighted by atomic mass is 9.99. The summed E-state index contributed by atoms with van der Waals surface area (Å²) in [6.07, 6.45) is 3.09. The van der Waals surface area contributed by atoms with Crippen molar-refractivity contribution in [1.29, 1.82) is 5.26 Å². The number of hydrogen-bond acceptors (Lipinski definition) is 6. The van der Waals surface area contributed by atoms with Crippen molar-refractivity contribution in [2.75, 3.05) is 0 Å². The second-order valence-corrected chi connectivity index (χ2v) is 7.82. The fourth-order valence-corrected chi connectivity index (χ4v) is 4.71. The van der Waals surface area contributed by atoms with Crippen molar-refractivity contribution >= 4 is 10.0 Å². The molecule has 0 radical (unpaired) electrons. The van der Waals surface area contributed by atoms with Gasteiger partial charge in [0.1, 0.15) is 0 Å². The maximum absolute atomic E-state index is 12.7. The van der Waals surface area contributed by atoms with Gasteiger partial charge in [-0.05, 0) is 30.5 Å². The SMILES string of the molecule is Cc1nc(C2(NS(=O)(=O)Cc3cccc(C#N)c3)CCCC2)no1. The van der Waals surface area contributed by atoms with E-state index in [1.165, 1.54) is 0 Å². The van der Waals surface area contributed by atoms with Crippen molar-refractivity contribution in [2.24, 2.45) is 0 Å². The van der Waals surface area contributed by atoms with Crippen LogP contribution in [0.5, 0.6) is 0 Å². The van der Waals surface area contributed by atoms with E-state index >= 15 is 0 Å². The molecule has 0 aliphatic heterocycles. The Hall–Kier alpha value is -2.24. The van der Waals surface area contributed by atoms with Crippen molar-refractivity contribution in [1.82, 2.24) is 14.9 Å². The predicted octanol–water partition coefficient (Wildman–Crippen LogP) is 2.14. The van der Waals surface area contributed by atoms with Gasteiger partial charge >= 0.3 is 0 Å². The van der Waals surface area contributed by atoms with Crippen molar-refractivity contribution in [3.63, 3.8) is 0 Å². The zero-order valence-corrected chi connectivity index (χ0v) is 14.1. The van der Waals surface area contributed by atoms with Crippen LogP contribution in [0.3, 0.4) is 0 Å². The largest absolute Gasteiger partial charge is 0.340 e. The average molecular weight is 346 g/mol. The molecule has 24 heavy (non-hydrogen) atoms. The van der Waals surface area contributed by atoms with E-state index in [2.05, 4.69) is 14.9 Å². The summed E-state index contributed by atoms with van der Waals surface area (Å²) in [5.74, 6) is 0.616. The van der Waals surface area contributed by atoms with Crippen LogP contribution in [0, 0.1) is 18.3 Å². The molecular formula is C16H18N4O3S. The number of aromatic nitrogens is 2. The van der Waals surface area contributed by atoms with Crippen LogP contribution in [0.2, 0.25) is 0 Å². The van der Waals surface area contributed by atoms with E-state index in [1.807, 2.05) is 6.07 Å². The van der Waals surface area contributed by atoms with Crippen LogP contribution < -0.4 is 4.72 Å². The van der Waals surface area contributed by atoms with E-state index in [-0.39, 0.29) is 5.75 Å². The lowest BCUT2D eigenvalue weighted by molar-refractivity contribution is 0.338. The van der Waals surface area contributed by atoms with E-state index in [0.717, 1.165) is 12.8 Å². The van der Waals surface area contributed by atoms with E-state index < -0.39 is 15.6 Å². The molecule has 0 saturated heterocycles. The van der Waals surface area contributed by atoms with Crippen LogP contribution >= 0.6 is 0 Å². The zero-order valence-electron chi connectivity index (χ0n) is 13.3. The third-order valence-electron chi connectivity index (χ3n) is 4.18. The monoisotopic (exact) mass is 346 g/mol. The van der Waals surface area contributed by atoms with Gasteiger partial charge in [0.2, 0.25) is 15.9 Å².